The molecule has 2 aromatic carbocycles. The van der Waals surface area contributed by atoms with Crippen LogP contribution in [0, 0.1) is 0 Å². The molecule has 0 saturated carbocycles. The van der Waals surface area contributed by atoms with Crippen molar-refractivity contribution < 1.29 is 9.47 Å². The molecule has 0 aliphatic carbocycles. The lowest BCUT2D eigenvalue weighted by Gasteiger charge is -2.38. The van der Waals surface area contributed by atoms with Gasteiger partial charge in [-0.25, -0.2) is 0 Å². The van der Waals surface area contributed by atoms with Crippen molar-refractivity contribution in [1.29, 1.82) is 0 Å². The quantitative estimate of drug-likeness (QED) is 0.727. The highest BCUT2D eigenvalue weighted by Crippen LogP contribution is 2.20. The SMILES string of the molecule is CCCN(Cc1ccccc1)C(Cc1ccccc1)C1COCCO1. The van der Waals surface area contributed by atoms with Gasteiger partial charge in [-0.15, -0.1) is 0 Å². The molecule has 3 heteroatoms. The van der Waals surface area contributed by atoms with E-state index in [1.807, 2.05) is 0 Å². The first-order valence-electron chi connectivity index (χ1n) is 9.38. The second-order valence-corrected chi connectivity index (χ2v) is 6.70. The van der Waals surface area contributed by atoms with Crippen LogP contribution < -0.4 is 0 Å². The van der Waals surface area contributed by atoms with Crippen molar-refractivity contribution in [2.75, 3.05) is 26.4 Å². The van der Waals surface area contributed by atoms with Crippen LogP contribution in [0.3, 0.4) is 0 Å². The fourth-order valence-corrected chi connectivity index (χ4v) is 3.55. The molecule has 2 unspecified atom stereocenters. The van der Waals surface area contributed by atoms with Crippen molar-refractivity contribution in [3.63, 3.8) is 0 Å². The third-order valence-corrected chi connectivity index (χ3v) is 4.77. The van der Waals surface area contributed by atoms with Crippen molar-refractivity contribution in [2.45, 2.75) is 38.5 Å². The van der Waals surface area contributed by atoms with Crippen molar-refractivity contribution in [3.05, 3.63) is 71.8 Å². The first-order chi connectivity index (χ1) is 12.4. The number of nitrogens with zero attached hydrogens (tertiary/aromatic N) is 1. The Labute approximate surface area is 151 Å². The Bertz CT molecular complexity index is 596. The van der Waals surface area contributed by atoms with Gasteiger partial charge < -0.3 is 9.47 Å². The molecule has 134 valence electrons. The summed E-state index contributed by atoms with van der Waals surface area (Å²) >= 11 is 0. The van der Waals surface area contributed by atoms with E-state index in [-0.39, 0.29) is 6.10 Å². The van der Waals surface area contributed by atoms with Crippen LogP contribution in [0.25, 0.3) is 0 Å². The molecular weight excluding hydrogens is 310 g/mol. The van der Waals surface area contributed by atoms with Gasteiger partial charge in [0, 0.05) is 12.6 Å². The standard InChI is InChI=1S/C22H29NO2/c1-2-13-23(17-20-11-7-4-8-12-20)21(22-18-24-14-15-25-22)16-19-9-5-3-6-10-19/h3-12,21-22H,2,13-18H2,1H3. The molecule has 0 amide bonds. The van der Waals surface area contributed by atoms with Gasteiger partial charge in [0.1, 0.15) is 0 Å². The van der Waals surface area contributed by atoms with Gasteiger partial charge in [-0.3, -0.25) is 4.90 Å². The number of hydrogen-bond acceptors (Lipinski definition) is 3. The second-order valence-electron chi connectivity index (χ2n) is 6.70. The minimum atomic E-state index is 0.129. The zero-order valence-electron chi connectivity index (χ0n) is 15.1. The van der Waals surface area contributed by atoms with Crippen LogP contribution in [0.1, 0.15) is 24.5 Å². The van der Waals surface area contributed by atoms with Gasteiger partial charge in [-0.2, -0.15) is 0 Å². The van der Waals surface area contributed by atoms with Crippen LogP contribution in [0.2, 0.25) is 0 Å². The van der Waals surface area contributed by atoms with Gasteiger partial charge in [0.2, 0.25) is 0 Å². The summed E-state index contributed by atoms with van der Waals surface area (Å²) in [6.45, 7) is 6.35. The zero-order valence-corrected chi connectivity index (χ0v) is 15.1. The van der Waals surface area contributed by atoms with Gasteiger partial charge in [-0.05, 0) is 30.5 Å². The molecule has 1 aliphatic heterocycles. The average Bonchev–Trinajstić information content (AvgIpc) is 2.68. The van der Waals surface area contributed by atoms with Gasteiger partial charge in [0.05, 0.1) is 25.9 Å². The summed E-state index contributed by atoms with van der Waals surface area (Å²) in [7, 11) is 0. The van der Waals surface area contributed by atoms with E-state index in [1.165, 1.54) is 11.1 Å². The van der Waals surface area contributed by atoms with E-state index >= 15 is 0 Å². The normalized spacial score (nSPS) is 19.0. The Morgan fingerprint density at radius 2 is 1.64 bits per heavy atom. The molecule has 1 aliphatic rings. The van der Waals surface area contributed by atoms with Gasteiger partial charge >= 0.3 is 0 Å². The predicted molar refractivity (Wildman–Crippen MR) is 102 cm³/mol. The summed E-state index contributed by atoms with van der Waals surface area (Å²) in [4.78, 5) is 2.57. The Hall–Kier alpha value is -1.68. The predicted octanol–water partition coefficient (Wildman–Crippen LogP) is 3.93. The Balaban J connectivity index is 1.80. The number of ether oxygens (including phenoxy) is 2. The summed E-state index contributed by atoms with van der Waals surface area (Å²) in [6.07, 6.45) is 2.25. The number of benzene rings is 2. The zero-order chi connectivity index (χ0) is 17.3. The summed E-state index contributed by atoms with van der Waals surface area (Å²) in [5.74, 6) is 0. The molecule has 2 atom stereocenters. The minimum absolute atomic E-state index is 0.129. The van der Waals surface area contributed by atoms with E-state index in [2.05, 4.69) is 72.5 Å². The summed E-state index contributed by atoms with van der Waals surface area (Å²) in [6, 6.07) is 21.8. The van der Waals surface area contributed by atoms with E-state index in [9.17, 15) is 0 Å². The molecule has 1 saturated heterocycles. The van der Waals surface area contributed by atoms with E-state index in [0.29, 0.717) is 25.9 Å². The Kier molecular flexibility index (Phi) is 7.04. The Morgan fingerprint density at radius 3 is 2.24 bits per heavy atom. The van der Waals surface area contributed by atoms with Gasteiger partial charge in [0.25, 0.3) is 0 Å². The highest BCUT2D eigenvalue weighted by atomic mass is 16.6. The van der Waals surface area contributed by atoms with E-state index < -0.39 is 0 Å². The maximum atomic E-state index is 6.11. The molecule has 0 aromatic heterocycles. The summed E-state index contributed by atoms with van der Waals surface area (Å²) < 4.78 is 11.8. The molecule has 3 nitrogen and oxygen atoms in total. The van der Waals surface area contributed by atoms with Gasteiger partial charge in [-0.1, -0.05) is 67.6 Å². The highest BCUT2D eigenvalue weighted by Gasteiger charge is 2.30. The van der Waals surface area contributed by atoms with Crippen LogP contribution in [-0.2, 0) is 22.4 Å². The number of rotatable bonds is 8. The minimum Gasteiger partial charge on any atom is -0.376 e. The lowest BCUT2D eigenvalue weighted by Crippen LogP contribution is -2.50. The molecule has 0 radical (unpaired) electrons. The largest absolute Gasteiger partial charge is 0.376 e. The molecule has 0 spiro atoms. The van der Waals surface area contributed by atoms with Crippen LogP contribution in [0.15, 0.2) is 60.7 Å². The Morgan fingerprint density at radius 1 is 0.960 bits per heavy atom. The van der Waals surface area contributed by atoms with E-state index in [0.717, 1.165) is 25.9 Å². The first kappa shape index (κ1) is 18.1. The first-order valence-corrected chi connectivity index (χ1v) is 9.38. The van der Waals surface area contributed by atoms with Crippen molar-refractivity contribution in [3.8, 4) is 0 Å². The molecule has 25 heavy (non-hydrogen) atoms. The molecule has 0 bridgehead atoms. The van der Waals surface area contributed by atoms with E-state index in [1.54, 1.807) is 0 Å². The molecule has 2 aromatic rings. The van der Waals surface area contributed by atoms with Crippen molar-refractivity contribution >= 4 is 0 Å². The summed E-state index contributed by atoms with van der Waals surface area (Å²) in [5.41, 5.74) is 2.71. The maximum absolute atomic E-state index is 6.11. The highest BCUT2D eigenvalue weighted by molar-refractivity contribution is 5.18. The lowest BCUT2D eigenvalue weighted by atomic mass is 9.98. The van der Waals surface area contributed by atoms with Crippen LogP contribution in [0.4, 0.5) is 0 Å². The van der Waals surface area contributed by atoms with Crippen LogP contribution >= 0.6 is 0 Å². The fraction of sp³-hybridized carbons (Fsp3) is 0.455. The van der Waals surface area contributed by atoms with E-state index in [4.69, 9.17) is 9.47 Å². The number of hydrogen-bond donors (Lipinski definition) is 0. The molecular formula is C22H29NO2. The molecule has 3 rings (SSSR count). The topological polar surface area (TPSA) is 21.7 Å². The third kappa shape index (κ3) is 5.40. The monoisotopic (exact) mass is 339 g/mol. The lowest BCUT2D eigenvalue weighted by molar-refractivity contribution is -0.120. The fourth-order valence-electron chi connectivity index (χ4n) is 3.55. The molecule has 1 heterocycles. The summed E-state index contributed by atoms with van der Waals surface area (Å²) in [5, 5.41) is 0. The van der Waals surface area contributed by atoms with Gasteiger partial charge in [0.15, 0.2) is 0 Å². The van der Waals surface area contributed by atoms with Crippen molar-refractivity contribution in [2.24, 2.45) is 0 Å². The van der Waals surface area contributed by atoms with Crippen molar-refractivity contribution in [1.82, 2.24) is 4.90 Å². The second kappa shape index (κ2) is 9.71. The van der Waals surface area contributed by atoms with Crippen LogP contribution in [-0.4, -0.2) is 43.4 Å². The maximum Gasteiger partial charge on any atom is 0.0967 e. The average molecular weight is 339 g/mol. The third-order valence-electron chi connectivity index (χ3n) is 4.77. The molecule has 1 fully saturated rings. The van der Waals surface area contributed by atoms with Crippen LogP contribution in [0.5, 0.6) is 0 Å². The molecule has 0 N–H and O–H groups in total. The smallest absolute Gasteiger partial charge is 0.0967 e.